The van der Waals surface area contributed by atoms with Crippen LogP contribution in [0.4, 0.5) is 0 Å². The van der Waals surface area contributed by atoms with Crippen molar-refractivity contribution in [2.45, 2.75) is 70.9 Å². The quantitative estimate of drug-likeness (QED) is 0.798. The average Bonchev–Trinajstić information content (AvgIpc) is 2.23. The molecule has 1 saturated heterocycles. The lowest BCUT2D eigenvalue weighted by atomic mass is 9.78. The molecule has 1 aliphatic heterocycles. The van der Waals surface area contributed by atoms with Gasteiger partial charge in [0.05, 0.1) is 0 Å². The van der Waals surface area contributed by atoms with Crippen molar-refractivity contribution in [2.24, 2.45) is 17.6 Å². The van der Waals surface area contributed by atoms with Gasteiger partial charge in [0.2, 0.25) is 0 Å². The van der Waals surface area contributed by atoms with E-state index in [2.05, 4.69) is 18.7 Å². The van der Waals surface area contributed by atoms with Crippen molar-refractivity contribution in [3.8, 4) is 0 Å². The van der Waals surface area contributed by atoms with Crippen molar-refractivity contribution < 1.29 is 0 Å². The van der Waals surface area contributed by atoms with Gasteiger partial charge in [-0.3, -0.25) is 4.90 Å². The fraction of sp³-hybridized carbons (Fsp3) is 1.00. The number of nitrogens with zero attached hydrogens (tertiary/aromatic N) is 1. The Labute approximate surface area is 107 Å². The van der Waals surface area contributed by atoms with Gasteiger partial charge in [0, 0.05) is 25.2 Å². The summed E-state index contributed by atoms with van der Waals surface area (Å²) in [4.78, 5) is 2.69. The molecule has 0 radical (unpaired) electrons. The molecule has 1 heterocycles. The van der Waals surface area contributed by atoms with Gasteiger partial charge in [-0.1, -0.05) is 26.2 Å². The molecule has 17 heavy (non-hydrogen) atoms. The van der Waals surface area contributed by atoms with Crippen LogP contribution in [-0.4, -0.2) is 30.1 Å². The van der Waals surface area contributed by atoms with E-state index in [0.717, 1.165) is 24.4 Å². The summed E-state index contributed by atoms with van der Waals surface area (Å²) in [6.07, 6.45) is 9.70. The van der Waals surface area contributed by atoms with Crippen molar-refractivity contribution in [3.63, 3.8) is 0 Å². The van der Waals surface area contributed by atoms with E-state index in [1.165, 1.54) is 51.5 Å². The molecule has 3 atom stereocenters. The maximum atomic E-state index is 6.24. The van der Waals surface area contributed by atoms with Gasteiger partial charge in [-0.2, -0.15) is 0 Å². The molecular formula is C15H30N2. The Kier molecular flexibility index (Phi) is 4.87. The molecule has 1 saturated carbocycles. The highest BCUT2D eigenvalue weighted by molar-refractivity contribution is 4.88. The Hall–Kier alpha value is -0.0800. The van der Waals surface area contributed by atoms with Gasteiger partial charge < -0.3 is 5.73 Å². The van der Waals surface area contributed by atoms with Crippen LogP contribution in [0.15, 0.2) is 0 Å². The number of hydrogen-bond donors (Lipinski definition) is 1. The fourth-order valence-electron chi connectivity index (χ4n) is 3.54. The summed E-state index contributed by atoms with van der Waals surface area (Å²) in [5.41, 5.74) is 6.24. The third-order valence-corrected chi connectivity index (χ3v) is 4.97. The van der Waals surface area contributed by atoms with Gasteiger partial charge in [-0.15, -0.1) is 0 Å². The van der Waals surface area contributed by atoms with Gasteiger partial charge in [-0.25, -0.2) is 0 Å². The first-order chi connectivity index (χ1) is 8.20. The van der Waals surface area contributed by atoms with Crippen molar-refractivity contribution in [2.75, 3.05) is 13.1 Å². The van der Waals surface area contributed by atoms with Crippen molar-refractivity contribution in [1.82, 2.24) is 4.90 Å². The predicted octanol–water partition coefficient (Wildman–Crippen LogP) is 3.01. The molecule has 0 bridgehead atoms. The molecule has 0 aromatic carbocycles. The van der Waals surface area contributed by atoms with Gasteiger partial charge in [0.1, 0.15) is 0 Å². The predicted molar refractivity (Wildman–Crippen MR) is 74.0 cm³/mol. The second-order valence-electron chi connectivity index (χ2n) is 6.39. The number of hydrogen-bond acceptors (Lipinski definition) is 2. The van der Waals surface area contributed by atoms with Gasteiger partial charge in [-0.05, 0) is 44.4 Å². The number of nitrogens with two attached hydrogens (primary N) is 1. The zero-order valence-corrected chi connectivity index (χ0v) is 11.7. The SMILES string of the molecule is CCCCC1CC(N)CN(C(C)C2CCC2)C1. The Morgan fingerprint density at radius 3 is 2.65 bits per heavy atom. The van der Waals surface area contributed by atoms with Crippen LogP contribution >= 0.6 is 0 Å². The van der Waals surface area contributed by atoms with E-state index in [-0.39, 0.29) is 0 Å². The van der Waals surface area contributed by atoms with E-state index >= 15 is 0 Å². The van der Waals surface area contributed by atoms with E-state index in [0.29, 0.717) is 6.04 Å². The lowest BCUT2D eigenvalue weighted by Gasteiger charge is -2.45. The first kappa shape index (κ1) is 13.4. The van der Waals surface area contributed by atoms with Gasteiger partial charge in [0.15, 0.2) is 0 Å². The van der Waals surface area contributed by atoms with Crippen molar-refractivity contribution in [3.05, 3.63) is 0 Å². The Bertz CT molecular complexity index is 225. The lowest BCUT2D eigenvalue weighted by Crippen LogP contribution is -2.53. The summed E-state index contributed by atoms with van der Waals surface area (Å²) >= 11 is 0. The summed E-state index contributed by atoms with van der Waals surface area (Å²) in [5.74, 6) is 1.83. The first-order valence-electron chi connectivity index (χ1n) is 7.70. The van der Waals surface area contributed by atoms with Gasteiger partial charge in [0.25, 0.3) is 0 Å². The minimum atomic E-state index is 0.424. The normalized spacial score (nSPS) is 33.4. The third-order valence-electron chi connectivity index (χ3n) is 4.97. The van der Waals surface area contributed by atoms with Crippen LogP contribution in [0.25, 0.3) is 0 Å². The smallest absolute Gasteiger partial charge is 0.0171 e. The number of rotatable bonds is 5. The topological polar surface area (TPSA) is 29.3 Å². The molecule has 2 nitrogen and oxygen atoms in total. The molecule has 0 aromatic rings. The Morgan fingerprint density at radius 2 is 2.06 bits per heavy atom. The summed E-state index contributed by atoms with van der Waals surface area (Å²) in [5, 5.41) is 0. The van der Waals surface area contributed by atoms with Crippen LogP contribution in [0.3, 0.4) is 0 Å². The zero-order chi connectivity index (χ0) is 12.3. The second kappa shape index (κ2) is 6.19. The van der Waals surface area contributed by atoms with Crippen molar-refractivity contribution >= 4 is 0 Å². The molecule has 2 fully saturated rings. The van der Waals surface area contributed by atoms with E-state index < -0.39 is 0 Å². The first-order valence-corrected chi connectivity index (χ1v) is 7.70. The fourth-order valence-corrected chi connectivity index (χ4v) is 3.54. The summed E-state index contributed by atoms with van der Waals surface area (Å²) in [7, 11) is 0. The Morgan fingerprint density at radius 1 is 1.29 bits per heavy atom. The van der Waals surface area contributed by atoms with Crippen LogP contribution in [0.1, 0.15) is 58.8 Å². The highest BCUT2D eigenvalue weighted by Crippen LogP contribution is 2.34. The van der Waals surface area contributed by atoms with Crippen LogP contribution < -0.4 is 5.73 Å². The largest absolute Gasteiger partial charge is 0.327 e. The minimum absolute atomic E-state index is 0.424. The molecule has 2 heteroatoms. The molecule has 0 aromatic heterocycles. The average molecular weight is 238 g/mol. The van der Waals surface area contributed by atoms with Crippen LogP contribution in [0.2, 0.25) is 0 Å². The molecule has 0 amide bonds. The maximum absolute atomic E-state index is 6.24. The standard InChI is InChI=1S/C15H30N2/c1-3-4-6-13-9-15(16)11-17(10-13)12(2)14-7-5-8-14/h12-15H,3-11,16H2,1-2H3. The maximum Gasteiger partial charge on any atom is 0.0171 e. The molecule has 2 aliphatic rings. The van der Waals surface area contributed by atoms with E-state index in [4.69, 9.17) is 5.73 Å². The number of unbranched alkanes of at least 4 members (excludes halogenated alkanes) is 1. The summed E-state index contributed by atoms with van der Waals surface area (Å²) in [6.45, 7) is 7.17. The molecule has 2 N–H and O–H groups in total. The minimum Gasteiger partial charge on any atom is -0.327 e. The number of piperidine rings is 1. The van der Waals surface area contributed by atoms with Crippen LogP contribution in [0.5, 0.6) is 0 Å². The van der Waals surface area contributed by atoms with Crippen molar-refractivity contribution in [1.29, 1.82) is 0 Å². The van der Waals surface area contributed by atoms with Crippen LogP contribution in [0, 0.1) is 11.8 Å². The molecule has 3 unspecified atom stereocenters. The Balaban J connectivity index is 1.83. The van der Waals surface area contributed by atoms with Gasteiger partial charge >= 0.3 is 0 Å². The third kappa shape index (κ3) is 3.45. The molecule has 0 spiro atoms. The summed E-state index contributed by atoms with van der Waals surface area (Å²) in [6, 6.07) is 1.20. The highest BCUT2D eigenvalue weighted by Gasteiger charge is 2.33. The second-order valence-corrected chi connectivity index (χ2v) is 6.39. The molecule has 2 rings (SSSR count). The molecule has 1 aliphatic carbocycles. The van der Waals surface area contributed by atoms with E-state index in [1.807, 2.05) is 0 Å². The lowest BCUT2D eigenvalue weighted by molar-refractivity contribution is 0.0561. The summed E-state index contributed by atoms with van der Waals surface area (Å²) < 4.78 is 0. The van der Waals surface area contributed by atoms with E-state index in [1.54, 1.807) is 0 Å². The van der Waals surface area contributed by atoms with E-state index in [9.17, 15) is 0 Å². The highest BCUT2D eigenvalue weighted by atomic mass is 15.2. The van der Waals surface area contributed by atoms with Crippen LogP contribution in [-0.2, 0) is 0 Å². The molecule has 100 valence electrons. The molecular weight excluding hydrogens is 208 g/mol. The monoisotopic (exact) mass is 238 g/mol. The number of likely N-dealkylation sites (tertiary alicyclic amines) is 1. The zero-order valence-electron chi connectivity index (χ0n) is 11.7.